The number of rotatable bonds is 2. The first-order valence-electron chi connectivity index (χ1n) is 4.59. The fourth-order valence-corrected chi connectivity index (χ4v) is 1.58. The Morgan fingerprint density at radius 1 is 0.812 bits per heavy atom. The van der Waals surface area contributed by atoms with Crippen LogP contribution in [0.5, 0.6) is 0 Å². The first kappa shape index (κ1) is 10.2. The van der Waals surface area contributed by atoms with Gasteiger partial charge in [-0.25, -0.2) is 9.59 Å². The first-order valence-corrected chi connectivity index (χ1v) is 4.59. The lowest BCUT2D eigenvalue weighted by molar-refractivity contribution is 0.0687. The molecule has 0 fully saturated rings. The van der Waals surface area contributed by atoms with Crippen molar-refractivity contribution in [1.82, 2.24) is 0 Å². The summed E-state index contributed by atoms with van der Waals surface area (Å²) in [4.78, 5) is 21.6. The van der Waals surface area contributed by atoms with E-state index in [4.69, 9.17) is 10.2 Å². The smallest absolute Gasteiger partial charge is 0.336 e. The van der Waals surface area contributed by atoms with Gasteiger partial charge in [0.1, 0.15) is 0 Å². The number of carbonyl (C=O) groups is 2. The van der Waals surface area contributed by atoms with Crippen molar-refractivity contribution in [3.63, 3.8) is 0 Å². The number of carboxylic acids is 2. The van der Waals surface area contributed by atoms with Gasteiger partial charge in [0.2, 0.25) is 0 Å². The Balaban J connectivity index is 2.64. The molecule has 2 aliphatic carbocycles. The monoisotopic (exact) mass is 216 g/mol. The van der Waals surface area contributed by atoms with E-state index in [9.17, 15) is 9.59 Å². The van der Waals surface area contributed by atoms with E-state index >= 15 is 0 Å². The Morgan fingerprint density at radius 2 is 1.44 bits per heavy atom. The van der Waals surface area contributed by atoms with E-state index in [1.807, 2.05) is 0 Å². The van der Waals surface area contributed by atoms with Crippen molar-refractivity contribution in [2.75, 3.05) is 0 Å². The molecule has 2 aliphatic rings. The summed E-state index contributed by atoms with van der Waals surface area (Å²) in [7, 11) is 0. The second-order valence-corrected chi connectivity index (χ2v) is 3.35. The van der Waals surface area contributed by atoms with Gasteiger partial charge in [-0.3, -0.25) is 0 Å². The lowest BCUT2D eigenvalue weighted by Gasteiger charge is -1.93. The van der Waals surface area contributed by atoms with Crippen LogP contribution in [0.25, 0.3) is 11.1 Å². The van der Waals surface area contributed by atoms with Crippen molar-refractivity contribution >= 4 is 11.9 Å². The summed E-state index contributed by atoms with van der Waals surface area (Å²) in [5.74, 6) is -2.05. The summed E-state index contributed by atoms with van der Waals surface area (Å²) in [6, 6.07) is 9.14. The second kappa shape index (κ2) is 3.66. The minimum atomic E-state index is -1.03. The van der Waals surface area contributed by atoms with E-state index < -0.39 is 11.9 Å². The normalized spacial score (nSPS) is 10.2. The maximum atomic E-state index is 10.9. The molecule has 2 rings (SSSR count). The summed E-state index contributed by atoms with van der Waals surface area (Å²) in [6.07, 6.45) is 0. The summed E-state index contributed by atoms with van der Waals surface area (Å²) in [5, 5.41) is 17.7. The third-order valence-electron chi connectivity index (χ3n) is 2.38. The molecule has 0 saturated carbocycles. The van der Waals surface area contributed by atoms with Crippen LogP contribution in [-0.4, -0.2) is 22.2 Å². The number of aromatic carboxylic acids is 2. The van der Waals surface area contributed by atoms with Gasteiger partial charge < -0.3 is 10.2 Å². The Labute approximate surface area is 91.1 Å². The van der Waals surface area contributed by atoms with E-state index in [0.717, 1.165) is 0 Å². The molecule has 0 aromatic rings. The molecule has 16 heavy (non-hydrogen) atoms. The van der Waals surface area contributed by atoms with Crippen LogP contribution in [0, 0.1) is 0 Å². The summed E-state index contributed by atoms with van der Waals surface area (Å²) < 4.78 is 0. The fourth-order valence-electron chi connectivity index (χ4n) is 1.58. The zero-order chi connectivity index (χ0) is 11.7. The Kier molecular flexibility index (Phi) is 2.32. The van der Waals surface area contributed by atoms with Crippen molar-refractivity contribution in [2.24, 2.45) is 0 Å². The third kappa shape index (κ3) is 1.61. The lowest BCUT2D eigenvalue weighted by atomic mass is 10.1. The molecular weight excluding hydrogens is 208 g/mol. The van der Waals surface area contributed by atoms with Crippen LogP contribution in [0.15, 0.2) is 36.4 Å². The van der Waals surface area contributed by atoms with Crippen molar-refractivity contribution in [2.45, 2.75) is 0 Å². The highest BCUT2D eigenvalue weighted by molar-refractivity contribution is 5.98. The average Bonchev–Trinajstić information content (AvgIpc) is 2.50. The molecule has 0 heterocycles. The van der Waals surface area contributed by atoms with Crippen LogP contribution in [0.4, 0.5) is 0 Å². The molecule has 0 saturated heterocycles. The lowest BCUT2D eigenvalue weighted by Crippen LogP contribution is -1.94. The number of hydrogen-bond donors (Lipinski definition) is 2. The largest absolute Gasteiger partial charge is 0.478 e. The molecule has 0 aliphatic heterocycles. The molecule has 0 bridgehead atoms. The molecule has 0 amide bonds. The van der Waals surface area contributed by atoms with Crippen molar-refractivity contribution in [3.05, 3.63) is 47.5 Å². The van der Waals surface area contributed by atoms with Gasteiger partial charge in [-0.15, -0.1) is 0 Å². The average molecular weight is 216 g/mol. The van der Waals surface area contributed by atoms with E-state index in [1.165, 1.54) is 24.3 Å². The molecular formula is C12H8O4. The topological polar surface area (TPSA) is 74.6 Å². The fraction of sp³-hybridized carbons (Fsp3) is 0. The third-order valence-corrected chi connectivity index (χ3v) is 2.38. The van der Waals surface area contributed by atoms with Crippen LogP contribution in [0.1, 0.15) is 20.7 Å². The number of hydrogen-bond acceptors (Lipinski definition) is 2. The highest BCUT2D eigenvalue weighted by Crippen LogP contribution is 2.27. The van der Waals surface area contributed by atoms with Crippen molar-refractivity contribution in [1.29, 1.82) is 0 Å². The predicted molar refractivity (Wildman–Crippen MR) is 57.0 cm³/mol. The van der Waals surface area contributed by atoms with Gasteiger partial charge in [-0.2, -0.15) is 0 Å². The molecule has 0 aromatic carbocycles. The molecule has 0 unspecified atom stereocenters. The van der Waals surface area contributed by atoms with Crippen LogP contribution in [0.3, 0.4) is 0 Å². The highest BCUT2D eigenvalue weighted by Gasteiger charge is 2.14. The molecule has 0 aromatic heterocycles. The van der Waals surface area contributed by atoms with Crippen LogP contribution in [-0.2, 0) is 0 Å². The zero-order valence-corrected chi connectivity index (χ0v) is 8.18. The van der Waals surface area contributed by atoms with Gasteiger partial charge in [-0.1, -0.05) is 18.2 Å². The highest BCUT2D eigenvalue weighted by atomic mass is 16.4. The Bertz CT molecular complexity index is 545. The zero-order valence-electron chi connectivity index (χ0n) is 8.18. The summed E-state index contributed by atoms with van der Waals surface area (Å²) in [5.41, 5.74) is 1.57. The first-order chi connectivity index (χ1) is 7.59. The van der Waals surface area contributed by atoms with Gasteiger partial charge >= 0.3 is 11.9 Å². The quantitative estimate of drug-likeness (QED) is 0.806. The van der Waals surface area contributed by atoms with Crippen molar-refractivity contribution < 1.29 is 19.8 Å². The molecule has 2 N–H and O–H groups in total. The van der Waals surface area contributed by atoms with Crippen LogP contribution < -0.4 is 0 Å². The van der Waals surface area contributed by atoms with Gasteiger partial charge in [-0.05, 0) is 29.3 Å². The molecule has 0 atom stereocenters. The summed E-state index contributed by atoms with van der Waals surface area (Å²) >= 11 is 0. The van der Waals surface area contributed by atoms with E-state index in [-0.39, 0.29) is 11.1 Å². The second-order valence-electron chi connectivity index (χ2n) is 3.35. The van der Waals surface area contributed by atoms with Gasteiger partial charge in [0.25, 0.3) is 0 Å². The standard InChI is InChI=1S/C12H8O4/c13-11(14)8-2-1-7-3-6-10(12(15)16)9(7)5-4-8/h1-6H,(H,13,14)(H,15,16). The minimum Gasteiger partial charge on any atom is -0.478 e. The maximum absolute atomic E-state index is 10.9. The number of carboxylic acid groups (broad SMARTS) is 2. The van der Waals surface area contributed by atoms with Gasteiger partial charge in [0, 0.05) is 0 Å². The Hall–Kier alpha value is -2.36. The molecule has 4 nitrogen and oxygen atoms in total. The molecule has 0 spiro atoms. The minimum absolute atomic E-state index is 0.132. The molecule has 80 valence electrons. The molecule has 4 heteroatoms. The van der Waals surface area contributed by atoms with Crippen molar-refractivity contribution in [3.8, 4) is 11.1 Å². The summed E-state index contributed by atoms with van der Waals surface area (Å²) in [6.45, 7) is 0. The maximum Gasteiger partial charge on any atom is 0.336 e. The predicted octanol–water partition coefficient (Wildman–Crippen LogP) is 2.19. The molecule has 0 radical (unpaired) electrons. The van der Waals surface area contributed by atoms with Crippen LogP contribution >= 0.6 is 0 Å². The van der Waals surface area contributed by atoms with E-state index in [2.05, 4.69) is 0 Å². The Morgan fingerprint density at radius 3 is 2.06 bits per heavy atom. The number of fused-ring (bicyclic) bond motifs is 1. The van der Waals surface area contributed by atoms with Crippen LogP contribution in [0.2, 0.25) is 0 Å². The van der Waals surface area contributed by atoms with Gasteiger partial charge in [0.05, 0.1) is 11.1 Å². The van der Waals surface area contributed by atoms with E-state index in [0.29, 0.717) is 11.1 Å². The SMILES string of the molecule is O=C(O)c1ccc2ccc(C(=O)O)c-2cc1. The van der Waals surface area contributed by atoms with E-state index in [1.54, 1.807) is 12.1 Å². The van der Waals surface area contributed by atoms with Gasteiger partial charge in [0.15, 0.2) is 0 Å².